The Balaban J connectivity index is 2.72. The smallest absolute Gasteiger partial charge is 0.308 e. The Hall–Kier alpha value is -2.46. The highest BCUT2D eigenvalue weighted by atomic mass is 16.5. The number of aliphatic imine (C=N–C) groups is 2. The molecule has 1 rings (SSSR count). The molecule has 0 aliphatic carbocycles. The topological polar surface area (TPSA) is 122 Å². The number of unbranched alkanes of at least 4 members (excludes halogenated alkanes) is 1. The zero-order valence-corrected chi connectivity index (χ0v) is 18.4. The number of nitrogens with two attached hydrogens (primary N) is 1. The zero-order chi connectivity index (χ0) is 22.4. The molecule has 0 radical (unpaired) electrons. The number of rotatable bonds is 14. The highest BCUT2D eigenvalue weighted by Crippen LogP contribution is 2.18. The molecule has 1 saturated heterocycles. The Bertz CT molecular complexity index is 614. The maximum absolute atomic E-state index is 11.7. The highest BCUT2D eigenvalue weighted by Gasteiger charge is 2.26. The average Bonchev–Trinajstić information content (AvgIpc) is 2.78. The van der Waals surface area contributed by atoms with Crippen molar-refractivity contribution in [3.8, 4) is 0 Å². The maximum atomic E-state index is 11.7. The summed E-state index contributed by atoms with van der Waals surface area (Å²) in [5.41, 5.74) is 6.49. The van der Waals surface area contributed by atoms with E-state index >= 15 is 0 Å². The number of amides is 1. The van der Waals surface area contributed by atoms with Crippen LogP contribution in [-0.2, 0) is 19.1 Å². The number of nitrogens with one attached hydrogen (secondary N) is 1. The summed E-state index contributed by atoms with van der Waals surface area (Å²) in [6.45, 7) is 9.00. The molecule has 0 aromatic rings. The molecule has 0 aromatic heterocycles. The van der Waals surface area contributed by atoms with Gasteiger partial charge in [-0.25, -0.2) is 9.98 Å². The number of esters is 1. The Morgan fingerprint density at radius 3 is 2.63 bits per heavy atom. The van der Waals surface area contributed by atoms with Gasteiger partial charge in [-0.1, -0.05) is 13.3 Å². The second kappa shape index (κ2) is 14.5. The summed E-state index contributed by atoms with van der Waals surface area (Å²) in [6, 6.07) is 0. The van der Waals surface area contributed by atoms with Gasteiger partial charge in [-0.05, 0) is 39.1 Å². The Morgan fingerprint density at radius 2 is 2.10 bits per heavy atom. The number of carbonyl (C=O) groups excluding carboxylic acids is 2. The molecule has 0 bridgehead atoms. The van der Waals surface area contributed by atoms with E-state index in [4.69, 9.17) is 15.2 Å². The van der Waals surface area contributed by atoms with Gasteiger partial charge in [-0.15, -0.1) is 0 Å². The van der Waals surface area contributed by atoms with Crippen LogP contribution in [0.1, 0.15) is 32.6 Å². The molecule has 10 nitrogen and oxygen atoms in total. The van der Waals surface area contributed by atoms with Crippen LogP contribution in [-0.4, -0.2) is 88.4 Å². The fraction of sp³-hybridized carbons (Fsp3) is 0.700. The van der Waals surface area contributed by atoms with Crippen LogP contribution >= 0.6 is 0 Å². The SMILES string of the molecule is C=N/C(=C(NC)\C(N)=N/COCCCC)N(C=O)CCN1CCC(C(=O)OC)CC1. The number of hydrogen-bond acceptors (Lipinski definition) is 8. The van der Waals surface area contributed by atoms with Crippen molar-refractivity contribution >= 4 is 24.9 Å². The lowest BCUT2D eigenvalue weighted by Gasteiger charge is -2.32. The Kier molecular flexibility index (Phi) is 12.4. The van der Waals surface area contributed by atoms with E-state index in [0.29, 0.717) is 37.6 Å². The van der Waals surface area contributed by atoms with Crippen LogP contribution in [0, 0.1) is 5.92 Å². The largest absolute Gasteiger partial charge is 0.469 e. The number of hydrogen-bond donors (Lipinski definition) is 2. The van der Waals surface area contributed by atoms with Gasteiger partial charge in [0.05, 0.1) is 13.0 Å². The Morgan fingerprint density at radius 1 is 1.40 bits per heavy atom. The molecule has 1 amide bonds. The van der Waals surface area contributed by atoms with Crippen molar-refractivity contribution in [3.05, 3.63) is 11.5 Å². The lowest BCUT2D eigenvalue weighted by atomic mass is 9.97. The summed E-state index contributed by atoms with van der Waals surface area (Å²) in [5.74, 6) is 0.302. The normalized spacial score (nSPS) is 16.6. The fourth-order valence-corrected chi connectivity index (χ4v) is 3.19. The summed E-state index contributed by atoms with van der Waals surface area (Å²) in [7, 11) is 3.10. The Labute approximate surface area is 179 Å². The van der Waals surface area contributed by atoms with Gasteiger partial charge in [0.1, 0.15) is 18.3 Å². The molecule has 1 aliphatic heterocycles. The van der Waals surface area contributed by atoms with Crippen LogP contribution in [0.15, 0.2) is 21.5 Å². The number of nitrogens with zero attached hydrogens (tertiary/aromatic N) is 4. The summed E-state index contributed by atoms with van der Waals surface area (Å²) in [5, 5.41) is 2.95. The first-order chi connectivity index (χ1) is 14.5. The van der Waals surface area contributed by atoms with E-state index in [0.717, 1.165) is 38.8 Å². The molecule has 0 aromatic carbocycles. The minimum Gasteiger partial charge on any atom is -0.469 e. The van der Waals surface area contributed by atoms with Crippen LogP contribution in [0.5, 0.6) is 0 Å². The lowest BCUT2D eigenvalue weighted by molar-refractivity contribution is -0.147. The van der Waals surface area contributed by atoms with Crippen LogP contribution in [0.3, 0.4) is 0 Å². The first-order valence-electron chi connectivity index (χ1n) is 10.3. The number of likely N-dealkylation sites (tertiary alicyclic amines) is 1. The minimum atomic E-state index is -0.155. The second-order valence-corrected chi connectivity index (χ2v) is 6.98. The van der Waals surface area contributed by atoms with Gasteiger partial charge in [0.2, 0.25) is 6.41 Å². The van der Waals surface area contributed by atoms with Gasteiger partial charge >= 0.3 is 5.97 Å². The van der Waals surface area contributed by atoms with Crippen molar-refractivity contribution in [2.45, 2.75) is 32.6 Å². The molecule has 1 fully saturated rings. The number of likely N-dealkylation sites (N-methyl/N-ethyl adjacent to an activating group) is 1. The van der Waals surface area contributed by atoms with Crippen LogP contribution in [0.2, 0.25) is 0 Å². The van der Waals surface area contributed by atoms with Crippen molar-refractivity contribution < 1.29 is 19.1 Å². The van der Waals surface area contributed by atoms with Gasteiger partial charge in [0, 0.05) is 26.7 Å². The van der Waals surface area contributed by atoms with Gasteiger partial charge in [0.25, 0.3) is 0 Å². The van der Waals surface area contributed by atoms with Gasteiger partial charge in [0.15, 0.2) is 5.82 Å². The summed E-state index contributed by atoms with van der Waals surface area (Å²) < 4.78 is 10.2. The van der Waals surface area contributed by atoms with E-state index in [1.54, 1.807) is 7.05 Å². The van der Waals surface area contributed by atoms with E-state index in [1.807, 2.05) is 0 Å². The van der Waals surface area contributed by atoms with E-state index in [9.17, 15) is 9.59 Å². The third-order valence-electron chi connectivity index (χ3n) is 5.03. The van der Waals surface area contributed by atoms with Gasteiger partial charge in [-0.3, -0.25) is 14.5 Å². The summed E-state index contributed by atoms with van der Waals surface area (Å²) in [4.78, 5) is 35.2. The third-order valence-corrected chi connectivity index (χ3v) is 5.03. The van der Waals surface area contributed by atoms with Gasteiger partial charge in [-0.2, -0.15) is 0 Å². The van der Waals surface area contributed by atoms with Crippen LogP contribution in [0.25, 0.3) is 0 Å². The van der Waals surface area contributed by atoms with Crippen LogP contribution < -0.4 is 11.1 Å². The number of carbonyl (C=O) groups is 2. The molecule has 0 unspecified atom stereocenters. The molecule has 0 spiro atoms. The predicted octanol–water partition coefficient (Wildman–Crippen LogP) is 0.550. The number of amidine groups is 1. The van der Waals surface area contributed by atoms with E-state index in [1.165, 1.54) is 12.0 Å². The first kappa shape index (κ1) is 25.6. The quantitative estimate of drug-likeness (QED) is 0.137. The predicted molar refractivity (Wildman–Crippen MR) is 117 cm³/mol. The van der Waals surface area contributed by atoms with Crippen molar-refractivity contribution in [2.75, 3.05) is 53.7 Å². The van der Waals surface area contributed by atoms with E-state index in [2.05, 4.69) is 33.8 Å². The molecule has 10 heteroatoms. The van der Waals surface area contributed by atoms with Gasteiger partial charge < -0.3 is 25.4 Å². The molecule has 170 valence electrons. The monoisotopic (exact) mass is 424 g/mol. The standard InChI is InChI=1S/C20H36N6O4/c1-5-6-13-30-14-24-18(21)17(22-2)19(23-3)26(15-27)12-11-25-9-7-16(8-10-25)20(28)29-4/h15-16,22H,3,5-14H2,1-2,4H3,(H2,21,24)/b19-17-. The fourth-order valence-electron chi connectivity index (χ4n) is 3.19. The number of ether oxygens (including phenoxy) is 2. The maximum Gasteiger partial charge on any atom is 0.308 e. The molecule has 30 heavy (non-hydrogen) atoms. The summed E-state index contributed by atoms with van der Waals surface area (Å²) >= 11 is 0. The molecule has 0 atom stereocenters. The minimum absolute atomic E-state index is 0.0508. The van der Waals surface area contributed by atoms with E-state index < -0.39 is 0 Å². The summed E-state index contributed by atoms with van der Waals surface area (Å²) in [6.07, 6.45) is 4.19. The highest BCUT2D eigenvalue weighted by molar-refractivity contribution is 5.97. The van der Waals surface area contributed by atoms with E-state index in [-0.39, 0.29) is 24.5 Å². The van der Waals surface area contributed by atoms with Crippen molar-refractivity contribution in [1.82, 2.24) is 15.1 Å². The molecular formula is C20H36N6O4. The van der Waals surface area contributed by atoms with Crippen LogP contribution in [0.4, 0.5) is 0 Å². The molecule has 0 saturated carbocycles. The molecule has 1 aliphatic rings. The van der Waals surface area contributed by atoms with Crippen molar-refractivity contribution in [1.29, 1.82) is 0 Å². The first-order valence-corrected chi connectivity index (χ1v) is 10.3. The third kappa shape index (κ3) is 8.11. The number of piperidine rings is 1. The number of methoxy groups -OCH3 is 1. The van der Waals surface area contributed by atoms with Crippen molar-refractivity contribution in [2.24, 2.45) is 21.6 Å². The zero-order valence-electron chi connectivity index (χ0n) is 18.4. The molecule has 1 heterocycles. The van der Waals surface area contributed by atoms with Crippen molar-refractivity contribution in [3.63, 3.8) is 0 Å². The lowest BCUT2D eigenvalue weighted by Crippen LogP contribution is -2.41. The average molecular weight is 425 g/mol. The molecular weight excluding hydrogens is 388 g/mol. The second-order valence-electron chi connectivity index (χ2n) is 6.98. The molecule has 3 N–H and O–H groups in total.